The summed E-state index contributed by atoms with van der Waals surface area (Å²) in [5.74, 6) is -0.577. The highest BCUT2D eigenvalue weighted by atomic mass is 32.2. The van der Waals surface area contributed by atoms with Gasteiger partial charge in [-0.05, 0) is 32.0 Å². The first kappa shape index (κ1) is 21.4. The molecular weight excluding hydrogens is 440 g/mol. The summed E-state index contributed by atoms with van der Waals surface area (Å²) in [7, 11) is -3.10. The second kappa shape index (κ2) is 7.69. The van der Waals surface area contributed by atoms with Gasteiger partial charge in [0, 0.05) is 12.1 Å². The lowest BCUT2D eigenvalue weighted by Gasteiger charge is -2.13. The number of nitrogens with zero attached hydrogens (tertiary/aromatic N) is 5. The molecule has 0 aliphatic carbocycles. The number of aromatic nitrogens is 5. The van der Waals surface area contributed by atoms with Gasteiger partial charge in [-0.15, -0.1) is 5.10 Å². The van der Waals surface area contributed by atoms with Crippen molar-refractivity contribution in [1.29, 1.82) is 0 Å². The van der Waals surface area contributed by atoms with Crippen molar-refractivity contribution in [1.82, 2.24) is 24.3 Å². The molecule has 4 rings (SSSR count). The first-order valence-corrected chi connectivity index (χ1v) is 10.8. The molecule has 32 heavy (non-hydrogen) atoms. The maximum atomic E-state index is 11.7. The summed E-state index contributed by atoms with van der Waals surface area (Å²) >= 11 is 0. The Labute approximate surface area is 182 Å². The van der Waals surface area contributed by atoms with Gasteiger partial charge in [0.25, 0.3) is 0 Å². The summed E-state index contributed by atoms with van der Waals surface area (Å²) in [5.41, 5.74) is 1.75. The average molecular weight is 460 g/mol. The number of phenolic OH excluding ortho intramolecular Hbond substituents is 2. The van der Waals surface area contributed by atoms with E-state index in [0.717, 1.165) is 11.6 Å². The zero-order chi connectivity index (χ0) is 23.2. The summed E-state index contributed by atoms with van der Waals surface area (Å²) in [6.45, 7) is 3.99. The van der Waals surface area contributed by atoms with E-state index in [-0.39, 0.29) is 34.7 Å². The fourth-order valence-corrected chi connectivity index (χ4v) is 3.67. The van der Waals surface area contributed by atoms with Crippen LogP contribution in [0.15, 0.2) is 36.7 Å². The lowest BCUT2D eigenvalue weighted by Crippen LogP contribution is -2.21. The molecule has 12 nitrogen and oxygen atoms in total. The number of hydrogen-bond acceptors (Lipinski definition) is 9. The van der Waals surface area contributed by atoms with Crippen molar-refractivity contribution >= 4 is 21.3 Å². The van der Waals surface area contributed by atoms with Gasteiger partial charge in [0.05, 0.1) is 30.2 Å². The Morgan fingerprint density at radius 1 is 1.12 bits per heavy atom. The van der Waals surface area contributed by atoms with E-state index in [4.69, 9.17) is 14.1 Å². The third-order valence-corrected chi connectivity index (χ3v) is 5.12. The normalized spacial score (nSPS) is 11.9. The van der Waals surface area contributed by atoms with Gasteiger partial charge in [0.15, 0.2) is 17.3 Å². The van der Waals surface area contributed by atoms with E-state index in [1.807, 2.05) is 24.5 Å². The fourth-order valence-electron chi connectivity index (χ4n) is 3.35. The molecule has 0 aliphatic rings. The molecule has 0 saturated carbocycles. The molecule has 2 heterocycles. The van der Waals surface area contributed by atoms with Gasteiger partial charge in [0.1, 0.15) is 11.3 Å². The monoisotopic (exact) mass is 460 g/mol. The van der Waals surface area contributed by atoms with Crippen LogP contribution in [0.25, 0.3) is 28.1 Å². The van der Waals surface area contributed by atoms with E-state index in [2.05, 4.69) is 15.2 Å². The second-order valence-corrected chi connectivity index (χ2v) is 8.30. The van der Waals surface area contributed by atoms with Gasteiger partial charge >= 0.3 is 16.3 Å². The molecule has 0 fully saturated rings. The molecule has 0 atom stereocenters. The number of rotatable bonds is 6. The minimum absolute atomic E-state index is 0.00560. The van der Waals surface area contributed by atoms with E-state index in [1.54, 1.807) is 18.5 Å². The number of fused-ring (bicyclic) bond motifs is 1. The van der Waals surface area contributed by atoms with Crippen LogP contribution in [0.3, 0.4) is 0 Å². The zero-order valence-electron chi connectivity index (χ0n) is 17.3. The number of nitrogens with two attached hydrogens (primary N) is 1. The maximum absolute atomic E-state index is 11.7. The molecule has 4 aromatic rings. The molecule has 0 saturated heterocycles. The summed E-state index contributed by atoms with van der Waals surface area (Å²) < 4.78 is 36.5. The maximum Gasteiger partial charge on any atom is 0.382 e. The number of aromatic hydroxyl groups is 2. The Morgan fingerprint density at radius 2 is 1.88 bits per heavy atom. The molecule has 4 N–H and O–H groups in total. The lowest BCUT2D eigenvalue weighted by atomic mass is 10.1. The van der Waals surface area contributed by atoms with Crippen LogP contribution in [-0.2, 0) is 10.3 Å². The fraction of sp³-hybridized carbons (Fsp3) is 0.211. The van der Waals surface area contributed by atoms with Crippen molar-refractivity contribution in [2.45, 2.75) is 19.9 Å². The van der Waals surface area contributed by atoms with Crippen molar-refractivity contribution in [2.24, 2.45) is 5.14 Å². The van der Waals surface area contributed by atoms with Crippen LogP contribution >= 0.6 is 0 Å². The molecule has 0 aliphatic heterocycles. The highest BCUT2D eigenvalue weighted by Gasteiger charge is 2.25. The smallest absolute Gasteiger partial charge is 0.382 e. The minimum atomic E-state index is -4.44. The molecule has 2 aromatic carbocycles. The van der Waals surface area contributed by atoms with E-state index in [1.165, 1.54) is 17.7 Å². The number of hydrogen-bond donors (Lipinski definition) is 3. The van der Waals surface area contributed by atoms with Gasteiger partial charge in [0.2, 0.25) is 0 Å². The van der Waals surface area contributed by atoms with Gasteiger partial charge in [-0.3, -0.25) is 0 Å². The van der Waals surface area contributed by atoms with E-state index < -0.39 is 16.3 Å². The highest BCUT2D eigenvalue weighted by Crippen LogP contribution is 2.40. The van der Waals surface area contributed by atoms with Crippen LogP contribution in [0, 0.1) is 0 Å². The van der Waals surface area contributed by atoms with Crippen LogP contribution in [0.2, 0.25) is 0 Å². The van der Waals surface area contributed by atoms with Crippen LogP contribution in [0.5, 0.6) is 23.3 Å². The number of phenols is 2. The third kappa shape index (κ3) is 3.67. The van der Waals surface area contributed by atoms with E-state index >= 15 is 0 Å². The Balaban J connectivity index is 2.04. The third-order valence-electron chi connectivity index (χ3n) is 4.74. The van der Waals surface area contributed by atoms with Crippen molar-refractivity contribution in [3.8, 4) is 40.3 Å². The average Bonchev–Trinajstić information content (AvgIpc) is 3.31. The number of ether oxygens (including phenoxy) is 1. The molecular formula is C19H20N6O6S. The first-order chi connectivity index (χ1) is 15.1. The number of methoxy groups -OCH3 is 1. The Kier molecular flexibility index (Phi) is 5.14. The lowest BCUT2D eigenvalue weighted by molar-refractivity contribution is 0.370. The Hall–Kier alpha value is -3.84. The minimum Gasteiger partial charge on any atom is -0.507 e. The van der Waals surface area contributed by atoms with Crippen LogP contribution in [-0.4, -0.2) is 50.1 Å². The molecule has 168 valence electrons. The number of benzene rings is 2. The zero-order valence-corrected chi connectivity index (χ0v) is 18.1. The molecule has 2 aromatic heterocycles. The summed E-state index contributed by atoms with van der Waals surface area (Å²) in [6, 6.07) is 7.33. The molecule has 0 bridgehead atoms. The van der Waals surface area contributed by atoms with Crippen molar-refractivity contribution in [3.63, 3.8) is 0 Å². The van der Waals surface area contributed by atoms with Gasteiger partial charge in [-0.25, -0.2) is 9.55 Å². The molecule has 0 radical (unpaired) electrons. The van der Waals surface area contributed by atoms with Crippen LogP contribution in [0.1, 0.15) is 19.9 Å². The number of para-hydroxylation sites is 1. The van der Waals surface area contributed by atoms with Gasteiger partial charge in [-0.1, -0.05) is 11.2 Å². The SMILES string of the molecule is COc1cc(-c2nnc(OS(N)(=O)=O)n2-c2cccc3c2ncn3C(C)C)c(O)cc1O. The molecule has 0 amide bonds. The quantitative estimate of drug-likeness (QED) is 0.389. The van der Waals surface area contributed by atoms with E-state index in [9.17, 15) is 18.6 Å². The Bertz CT molecular complexity index is 1430. The van der Waals surface area contributed by atoms with Crippen LogP contribution < -0.4 is 14.1 Å². The van der Waals surface area contributed by atoms with Gasteiger partial charge in [-0.2, -0.15) is 13.6 Å². The summed E-state index contributed by atoms with van der Waals surface area (Å²) in [6.07, 6.45) is 1.66. The summed E-state index contributed by atoms with van der Waals surface area (Å²) in [5, 5.41) is 33.3. The highest BCUT2D eigenvalue weighted by molar-refractivity contribution is 7.84. The molecule has 13 heteroatoms. The van der Waals surface area contributed by atoms with Crippen molar-refractivity contribution < 1.29 is 27.6 Å². The van der Waals surface area contributed by atoms with E-state index in [0.29, 0.717) is 11.2 Å². The predicted molar refractivity (Wildman–Crippen MR) is 114 cm³/mol. The van der Waals surface area contributed by atoms with Gasteiger partial charge < -0.3 is 23.7 Å². The standard InChI is InChI=1S/C19H20N6O6S/c1-10(2)24-9-21-17-12(24)5-4-6-13(17)25-18(22-23-19(25)31-32(20,28)29)11-7-16(30-3)15(27)8-14(11)26/h4-10,26-27H,1-3H3,(H2,20,28,29). The van der Waals surface area contributed by atoms with Crippen LogP contribution in [0.4, 0.5) is 0 Å². The molecule has 0 unspecified atom stereocenters. The Morgan fingerprint density at radius 3 is 2.53 bits per heavy atom. The number of imidazole rings is 1. The van der Waals surface area contributed by atoms with Crippen molar-refractivity contribution in [2.75, 3.05) is 7.11 Å². The van der Waals surface area contributed by atoms with Crippen molar-refractivity contribution in [3.05, 3.63) is 36.7 Å². The second-order valence-electron chi connectivity index (χ2n) is 7.15. The largest absolute Gasteiger partial charge is 0.507 e. The molecule has 0 spiro atoms. The first-order valence-electron chi connectivity index (χ1n) is 9.34. The predicted octanol–water partition coefficient (Wildman–Crippen LogP) is 1.87. The summed E-state index contributed by atoms with van der Waals surface area (Å²) in [4.78, 5) is 4.46. The topological polar surface area (TPSA) is 168 Å².